The number of aromatic hydroxyl groups is 4. The number of nitrogens with zero attached hydrogens (tertiary/aromatic N) is 12. The molecule has 0 aliphatic carbocycles. The molecule has 5 heterocycles. The van der Waals surface area contributed by atoms with Crippen LogP contribution >= 0.6 is 0 Å². The molecule has 0 bridgehead atoms. The summed E-state index contributed by atoms with van der Waals surface area (Å²) < 4.78 is 3.15. The third-order valence-electron chi connectivity index (χ3n) is 20.6. The average Bonchev–Trinajstić information content (AvgIpc) is 1.57. The number of carbonyl (C=O) groups excluding carboxylic acids is 6. The van der Waals surface area contributed by atoms with Gasteiger partial charge in [-0.25, -0.2) is 0 Å². The predicted molar refractivity (Wildman–Crippen MR) is 407 cm³/mol. The smallest absolute Gasteiger partial charge is 0.317 e. The number of likely N-dealkylation sites (tertiary alicyclic amines) is 2. The zero-order chi connectivity index (χ0) is 79.3. The van der Waals surface area contributed by atoms with E-state index in [-0.39, 0.29) is 198 Å². The van der Waals surface area contributed by atoms with Crippen LogP contribution in [-0.2, 0) is 46.4 Å². The number of hydrogen-bond donors (Lipinski definition) is 11. The quantitative estimate of drug-likeness (QED) is 0.0246. The Morgan fingerprint density at radius 1 is 0.455 bits per heavy atom. The Morgan fingerprint density at radius 3 is 1.23 bits per heavy atom. The van der Waals surface area contributed by atoms with Gasteiger partial charge in [-0.3, -0.25) is 71.9 Å². The van der Waals surface area contributed by atoms with E-state index in [1.807, 2.05) is 81.1 Å². The largest absolute Gasteiger partial charge is 0.508 e. The lowest BCUT2D eigenvalue weighted by Crippen LogP contribution is -2.51. The summed E-state index contributed by atoms with van der Waals surface area (Å²) in [5, 5.41) is 101. The van der Waals surface area contributed by atoms with Gasteiger partial charge >= 0.3 is 17.9 Å². The fourth-order valence-electron chi connectivity index (χ4n) is 14.5. The summed E-state index contributed by atoms with van der Waals surface area (Å²) in [6.45, 7) is 14.9. The van der Waals surface area contributed by atoms with E-state index in [0.717, 1.165) is 11.1 Å². The van der Waals surface area contributed by atoms with Crippen molar-refractivity contribution in [3.05, 3.63) is 107 Å². The maximum absolute atomic E-state index is 14.7. The highest BCUT2D eigenvalue weighted by molar-refractivity contribution is 5.93. The molecule has 3 saturated heterocycles. The van der Waals surface area contributed by atoms with Gasteiger partial charge in [-0.1, -0.05) is 52.0 Å². The molecule has 32 nitrogen and oxygen atoms in total. The number of unbranched alkanes of at least 4 members (excludes halogenated alkanes) is 1. The van der Waals surface area contributed by atoms with E-state index in [0.29, 0.717) is 119 Å². The van der Waals surface area contributed by atoms with Crippen LogP contribution in [0.4, 0.5) is 0 Å². The molecule has 110 heavy (non-hydrogen) atoms. The number of carboxylic acids is 3. The third kappa shape index (κ3) is 23.0. The Labute approximate surface area is 639 Å². The van der Waals surface area contributed by atoms with Gasteiger partial charge in [0.2, 0.25) is 35.3 Å². The standard InChI is InChI=1S/C78H106N16O16/c1-7-79-76(108)74-85-83-72(59-41-57(49(3)4)62(95)43-64(59)97)93(74)55-16-12-51(13-17-55)39-53-22-27-91(28-23-53)68(101)21-20-66(99)82-61(11-9-10-26-81-67(100)45-87-31-33-88(46-69(102)103)35-37-90(48-71(106)107)38-36-89(34-32-87)47-70(104)105)78(110)92-29-24-54(25-30-92)40-52-14-18-56(19-15-52)94-73(84-86-75(94)77(109)80-8-2)60-42-58(50(5)6)63(96)44-65(60)98/h12-19,41-44,49-50,53-54,61,95-98H,7-11,20-40,45-48H2,1-6H3,(H,79,108)(H,80,109)(H,81,100)(H,82,99)(H,102,103)(H,104,105)(H,106,107)/t61-/m0/s1. The van der Waals surface area contributed by atoms with Crippen molar-refractivity contribution >= 4 is 53.4 Å². The molecular weight excluding hydrogens is 1420 g/mol. The first-order chi connectivity index (χ1) is 52.7. The minimum Gasteiger partial charge on any atom is -0.508 e. The molecule has 2 aromatic heterocycles. The monoisotopic (exact) mass is 1520 g/mol. The average molecular weight is 1520 g/mol. The zero-order valence-electron chi connectivity index (χ0n) is 63.7. The van der Waals surface area contributed by atoms with Crippen LogP contribution in [0.1, 0.15) is 155 Å². The number of hydrogen-bond acceptors (Lipinski definition) is 21. The van der Waals surface area contributed by atoms with Crippen LogP contribution < -0.4 is 21.3 Å². The SMILES string of the molecule is CCNC(=O)c1nnc(-c2cc(C(C)C)c(O)cc2O)n1-c1ccc(CC2CCN(C(=O)CCC(=O)N[C@@H](CCCCNC(=O)CN3CCN(CC(=O)O)CCN(CC(=O)O)CCN(CC(=O)O)CC3)C(=O)N3CCC(Cc4ccc(-n5c(C(=O)NCC)nnc5-c5cc(C(C)C)c(O)cc5O)cc4)CC3)CC2)cc1. The number of benzene rings is 4. The van der Waals surface area contributed by atoms with E-state index in [1.54, 1.807) is 59.6 Å². The third-order valence-corrected chi connectivity index (χ3v) is 20.6. The van der Waals surface area contributed by atoms with Crippen LogP contribution in [0.2, 0.25) is 0 Å². The van der Waals surface area contributed by atoms with Gasteiger partial charge in [0.1, 0.15) is 29.0 Å². The van der Waals surface area contributed by atoms with E-state index < -0.39 is 41.7 Å². The molecule has 32 heteroatoms. The number of amides is 6. The summed E-state index contributed by atoms with van der Waals surface area (Å²) in [5.74, 6) is -5.23. The number of aromatic nitrogens is 6. The van der Waals surface area contributed by atoms with Gasteiger partial charge in [-0.2, -0.15) is 0 Å². The molecular formula is C78H106N16O16. The predicted octanol–water partition coefficient (Wildman–Crippen LogP) is 5.04. The fraction of sp³-hybridized carbons (Fsp3) is 0.526. The summed E-state index contributed by atoms with van der Waals surface area (Å²) in [7, 11) is 0. The van der Waals surface area contributed by atoms with Crippen LogP contribution in [0.5, 0.6) is 23.0 Å². The van der Waals surface area contributed by atoms with Crippen molar-refractivity contribution in [1.29, 1.82) is 0 Å². The summed E-state index contributed by atoms with van der Waals surface area (Å²) in [5.41, 5.74) is 4.93. The van der Waals surface area contributed by atoms with Crippen molar-refractivity contribution in [2.75, 3.05) is 124 Å². The number of nitrogens with one attached hydrogen (secondary N) is 4. The van der Waals surface area contributed by atoms with Crippen molar-refractivity contribution in [3.8, 4) is 57.1 Å². The number of carbonyl (C=O) groups is 9. The first-order valence-electron chi connectivity index (χ1n) is 38.1. The minimum atomic E-state index is -1.07. The maximum Gasteiger partial charge on any atom is 0.317 e. The highest BCUT2D eigenvalue weighted by Crippen LogP contribution is 2.40. The molecule has 3 aliphatic rings. The molecule has 0 unspecified atom stereocenters. The Hall–Kier alpha value is -10.6. The number of phenolic OH excluding ortho intramolecular Hbond substituents is 4. The molecule has 0 radical (unpaired) electrons. The lowest BCUT2D eigenvalue weighted by Gasteiger charge is -2.34. The topological polar surface area (TPSA) is 424 Å². The van der Waals surface area contributed by atoms with Gasteiger partial charge in [-0.15, -0.1) is 20.4 Å². The highest BCUT2D eigenvalue weighted by Gasteiger charge is 2.33. The Kier molecular flexibility index (Phi) is 30.1. The number of phenols is 4. The van der Waals surface area contributed by atoms with Gasteiger partial charge in [0.25, 0.3) is 11.8 Å². The van der Waals surface area contributed by atoms with E-state index in [1.165, 1.54) is 12.1 Å². The van der Waals surface area contributed by atoms with Crippen LogP contribution in [0, 0.1) is 11.8 Å². The van der Waals surface area contributed by atoms with Gasteiger partial charge < -0.3 is 66.8 Å². The molecule has 4 aromatic carbocycles. The van der Waals surface area contributed by atoms with Crippen LogP contribution in [0.15, 0.2) is 72.8 Å². The van der Waals surface area contributed by atoms with Crippen molar-refractivity contribution < 1.29 is 78.9 Å². The van der Waals surface area contributed by atoms with Gasteiger partial charge in [0.05, 0.1) is 37.3 Å². The highest BCUT2D eigenvalue weighted by atomic mass is 16.4. The summed E-state index contributed by atoms with van der Waals surface area (Å²) in [6, 6.07) is 20.1. The molecule has 1 atom stereocenters. The second-order valence-corrected chi connectivity index (χ2v) is 29.3. The second kappa shape index (κ2) is 39.7. The number of aliphatic carboxylic acids is 3. The Morgan fingerprint density at radius 2 is 0.845 bits per heavy atom. The van der Waals surface area contributed by atoms with Crippen LogP contribution in [0.25, 0.3) is 34.2 Å². The van der Waals surface area contributed by atoms with Crippen molar-refractivity contribution in [3.63, 3.8) is 0 Å². The van der Waals surface area contributed by atoms with Crippen molar-refractivity contribution in [1.82, 2.24) is 80.2 Å². The van der Waals surface area contributed by atoms with E-state index >= 15 is 0 Å². The number of carboxylic acid groups (broad SMARTS) is 3. The molecule has 594 valence electrons. The molecule has 9 rings (SSSR count). The first kappa shape index (κ1) is 83.5. The minimum absolute atomic E-state index is 0.00775. The molecule has 0 spiro atoms. The van der Waals surface area contributed by atoms with Crippen molar-refractivity contribution in [2.45, 2.75) is 130 Å². The van der Waals surface area contributed by atoms with Gasteiger partial charge in [-0.05, 0) is 154 Å². The zero-order valence-corrected chi connectivity index (χ0v) is 63.7. The summed E-state index contributed by atoms with van der Waals surface area (Å²) in [4.78, 5) is 129. The molecule has 0 saturated carbocycles. The van der Waals surface area contributed by atoms with Crippen molar-refractivity contribution in [2.24, 2.45) is 11.8 Å². The number of piperidine rings is 2. The van der Waals surface area contributed by atoms with E-state index in [9.17, 15) is 78.9 Å². The Bertz CT molecular complexity index is 4150. The fourth-order valence-corrected chi connectivity index (χ4v) is 14.5. The van der Waals surface area contributed by atoms with E-state index in [2.05, 4.69) is 41.7 Å². The summed E-state index contributed by atoms with van der Waals surface area (Å²) >= 11 is 0. The maximum atomic E-state index is 14.7. The second-order valence-electron chi connectivity index (χ2n) is 29.3. The summed E-state index contributed by atoms with van der Waals surface area (Å²) in [6.07, 6.45) is 4.99. The molecule has 6 aromatic rings. The molecule has 3 fully saturated rings. The normalized spacial score (nSPS) is 15.9. The lowest BCUT2D eigenvalue weighted by molar-refractivity contribution is -0.140. The number of rotatable bonds is 32. The molecule has 11 N–H and O–H groups in total. The van der Waals surface area contributed by atoms with Gasteiger partial charge in [0.15, 0.2) is 11.6 Å². The molecule has 6 amide bonds. The van der Waals surface area contributed by atoms with E-state index in [4.69, 9.17) is 0 Å². The first-order valence-corrected chi connectivity index (χ1v) is 38.1. The van der Waals surface area contributed by atoms with Crippen LogP contribution in [0.3, 0.4) is 0 Å². The Balaban J connectivity index is 0.817. The van der Waals surface area contributed by atoms with Crippen LogP contribution in [-0.4, -0.2) is 278 Å². The van der Waals surface area contributed by atoms with Gasteiger partial charge in [0, 0.05) is 135 Å². The molecule has 3 aliphatic heterocycles. The lowest BCUT2D eigenvalue weighted by atomic mass is 9.89.